The van der Waals surface area contributed by atoms with Crippen molar-refractivity contribution >= 4 is 12.0 Å². The van der Waals surface area contributed by atoms with Crippen LogP contribution in [0.5, 0.6) is 5.75 Å². The Labute approximate surface area is 159 Å². The molecule has 27 heavy (non-hydrogen) atoms. The molecule has 2 rings (SSSR count). The molecular weight excluding hydrogens is 344 g/mol. The first kappa shape index (κ1) is 20.3. The summed E-state index contributed by atoms with van der Waals surface area (Å²) in [6.07, 6.45) is -0.502. The maximum Gasteiger partial charge on any atom is 0.407 e. The van der Waals surface area contributed by atoms with Gasteiger partial charge < -0.3 is 20.5 Å². The molecule has 2 aromatic rings. The molecule has 0 aliphatic heterocycles. The highest BCUT2D eigenvalue weighted by Gasteiger charge is 2.15. The average Bonchev–Trinajstić information content (AvgIpc) is 2.57. The van der Waals surface area contributed by atoms with Crippen molar-refractivity contribution in [3.8, 4) is 16.9 Å². The van der Waals surface area contributed by atoms with E-state index in [2.05, 4.69) is 5.32 Å². The molecule has 144 valence electrons. The van der Waals surface area contributed by atoms with Crippen LogP contribution in [0.3, 0.4) is 0 Å². The van der Waals surface area contributed by atoms with Gasteiger partial charge in [-0.05, 0) is 57.0 Å². The summed E-state index contributed by atoms with van der Waals surface area (Å²) in [4.78, 5) is 23.3. The predicted octanol–water partition coefficient (Wildman–Crippen LogP) is 3.66. The van der Waals surface area contributed by atoms with Gasteiger partial charge in [-0.1, -0.05) is 29.8 Å². The summed E-state index contributed by atoms with van der Waals surface area (Å²) in [6, 6.07) is 13.1. The largest absolute Gasteiger partial charge is 0.492 e. The smallest absolute Gasteiger partial charge is 0.407 e. The lowest BCUT2D eigenvalue weighted by Crippen LogP contribution is -2.34. The molecule has 0 aliphatic carbocycles. The van der Waals surface area contributed by atoms with Crippen molar-refractivity contribution in [3.05, 3.63) is 53.6 Å². The van der Waals surface area contributed by atoms with Crippen molar-refractivity contribution in [2.45, 2.75) is 33.3 Å². The summed E-state index contributed by atoms with van der Waals surface area (Å²) < 4.78 is 10.9. The van der Waals surface area contributed by atoms with Crippen molar-refractivity contribution in [2.24, 2.45) is 5.73 Å². The van der Waals surface area contributed by atoms with Gasteiger partial charge in [-0.2, -0.15) is 0 Å². The first-order chi connectivity index (χ1) is 12.6. The lowest BCUT2D eigenvalue weighted by Gasteiger charge is -2.19. The molecule has 0 bridgehead atoms. The summed E-state index contributed by atoms with van der Waals surface area (Å²) in [6.45, 7) is 7.90. The van der Waals surface area contributed by atoms with Crippen LogP contribution in [-0.4, -0.2) is 30.8 Å². The molecule has 2 amide bonds. The topological polar surface area (TPSA) is 90.7 Å². The van der Waals surface area contributed by atoms with Gasteiger partial charge in [-0.25, -0.2) is 4.79 Å². The summed E-state index contributed by atoms with van der Waals surface area (Å²) in [5, 5.41) is 2.62. The van der Waals surface area contributed by atoms with Crippen LogP contribution in [0.4, 0.5) is 4.79 Å². The van der Waals surface area contributed by atoms with E-state index in [1.807, 2.05) is 37.3 Å². The van der Waals surface area contributed by atoms with Gasteiger partial charge in [0.25, 0.3) is 0 Å². The van der Waals surface area contributed by atoms with Gasteiger partial charge in [0, 0.05) is 5.56 Å². The number of rotatable bonds is 6. The zero-order valence-corrected chi connectivity index (χ0v) is 16.2. The van der Waals surface area contributed by atoms with Crippen molar-refractivity contribution < 1.29 is 19.1 Å². The monoisotopic (exact) mass is 370 g/mol. The Morgan fingerprint density at radius 1 is 1.07 bits per heavy atom. The number of carbonyl (C=O) groups is 2. The average molecular weight is 370 g/mol. The molecule has 0 radical (unpaired) electrons. The fraction of sp³-hybridized carbons (Fsp3) is 0.333. The highest BCUT2D eigenvalue weighted by molar-refractivity contribution is 5.94. The predicted molar refractivity (Wildman–Crippen MR) is 105 cm³/mol. The molecule has 6 nitrogen and oxygen atoms in total. The minimum absolute atomic E-state index is 0.231. The van der Waals surface area contributed by atoms with E-state index in [-0.39, 0.29) is 13.2 Å². The number of amides is 2. The van der Waals surface area contributed by atoms with Gasteiger partial charge in [0.15, 0.2) is 0 Å². The molecule has 0 aromatic heterocycles. The minimum atomic E-state index is -0.552. The lowest BCUT2D eigenvalue weighted by atomic mass is 10.0. The Hall–Kier alpha value is -3.02. The third-order valence-corrected chi connectivity index (χ3v) is 3.58. The molecule has 0 saturated heterocycles. The summed E-state index contributed by atoms with van der Waals surface area (Å²) in [5.41, 5.74) is 8.18. The minimum Gasteiger partial charge on any atom is -0.492 e. The van der Waals surface area contributed by atoms with Gasteiger partial charge >= 0.3 is 6.09 Å². The van der Waals surface area contributed by atoms with Crippen LogP contribution in [0.1, 0.15) is 36.7 Å². The van der Waals surface area contributed by atoms with Gasteiger partial charge in [-0.3, -0.25) is 4.79 Å². The molecule has 0 fully saturated rings. The molecule has 3 N–H and O–H groups in total. The van der Waals surface area contributed by atoms with E-state index in [4.69, 9.17) is 15.2 Å². The van der Waals surface area contributed by atoms with Gasteiger partial charge in [-0.15, -0.1) is 0 Å². The number of hydrogen-bond acceptors (Lipinski definition) is 4. The number of benzene rings is 2. The summed E-state index contributed by atoms with van der Waals surface area (Å²) in [7, 11) is 0. The number of nitrogens with one attached hydrogen (secondary N) is 1. The Morgan fingerprint density at radius 2 is 1.81 bits per heavy atom. The van der Waals surface area contributed by atoms with Crippen molar-refractivity contribution in [1.29, 1.82) is 0 Å². The molecule has 0 unspecified atom stereocenters. The lowest BCUT2D eigenvalue weighted by molar-refractivity contribution is 0.0520. The number of nitrogens with two attached hydrogens (primary N) is 1. The number of ether oxygens (including phenoxy) is 2. The molecule has 6 heteroatoms. The van der Waals surface area contributed by atoms with Crippen molar-refractivity contribution in [1.82, 2.24) is 5.32 Å². The van der Waals surface area contributed by atoms with Crippen LogP contribution < -0.4 is 15.8 Å². The van der Waals surface area contributed by atoms with Crippen molar-refractivity contribution in [2.75, 3.05) is 13.2 Å². The first-order valence-corrected chi connectivity index (χ1v) is 8.75. The number of alkyl carbamates (subject to hydrolysis) is 1. The number of hydrogen-bond donors (Lipinski definition) is 2. The Morgan fingerprint density at radius 3 is 2.44 bits per heavy atom. The van der Waals surface area contributed by atoms with Crippen LogP contribution in [0.25, 0.3) is 11.1 Å². The van der Waals surface area contributed by atoms with Crippen molar-refractivity contribution in [3.63, 3.8) is 0 Å². The van der Waals surface area contributed by atoms with Gasteiger partial charge in [0.2, 0.25) is 5.91 Å². The van der Waals surface area contributed by atoms with E-state index in [1.54, 1.807) is 32.9 Å². The maximum absolute atomic E-state index is 11.6. The van der Waals surface area contributed by atoms with Crippen LogP contribution >= 0.6 is 0 Å². The number of carbonyl (C=O) groups excluding carboxylic acids is 2. The normalized spacial score (nSPS) is 11.0. The number of aryl methyl sites for hydroxylation is 1. The second-order valence-corrected chi connectivity index (χ2v) is 7.26. The maximum atomic E-state index is 11.6. The molecule has 0 spiro atoms. The Kier molecular flexibility index (Phi) is 6.45. The fourth-order valence-corrected chi connectivity index (χ4v) is 2.45. The van der Waals surface area contributed by atoms with Crippen LogP contribution in [0, 0.1) is 6.92 Å². The quantitative estimate of drug-likeness (QED) is 0.759. The highest BCUT2D eigenvalue weighted by atomic mass is 16.6. The van der Waals surface area contributed by atoms with E-state index in [0.717, 1.165) is 16.7 Å². The first-order valence-electron chi connectivity index (χ1n) is 8.75. The van der Waals surface area contributed by atoms with E-state index in [1.165, 1.54) is 0 Å². The molecule has 0 heterocycles. The zero-order valence-electron chi connectivity index (χ0n) is 16.2. The molecule has 0 aliphatic rings. The van der Waals surface area contributed by atoms with Gasteiger partial charge in [0.05, 0.1) is 6.54 Å². The molecule has 0 saturated carbocycles. The SMILES string of the molecule is Cc1cccc(-c2cc(OCCNC(=O)OC(C)(C)C)cc(C(N)=O)c2)c1. The van der Waals surface area contributed by atoms with E-state index < -0.39 is 17.6 Å². The third kappa shape index (κ3) is 6.66. The van der Waals surface area contributed by atoms with E-state index >= 15 is 0 Å². The molecule has 2 aromatic carbocycles. The Bertz CT molecular complexity index is 825. The fourth-order valence-electron chi connectivity index (χ4n) is 2.45. The highest BCUT2D eigenvalue weighted by Crippen LogP contribution is 2.27. The van der Waals surface area contributed by atoms with E-state index in [0.29, 0.717) is 11.3 Å². The van der Waals surface area contributed by atoms with Crippen LogP contribution in [-0.2, 0) is 4.74 Å². The van der Waals surface area contributed by atoms with E-state index in [9.17, 15) is 9.59 Å². The molecule has 0 atom stereocenters. The zero-order chi connectivity index (χ0) is 20.0. The number of primary amides is 1. The molecular formula is C21H26N2O4. The summed E-state index contributed by atoms with van der Waals surface area (Å²) in [5.74, 6) is -0.0185. The van der Waals surface area contributed by atoms with Crippen LogP contribution in [0.15, 0.2) is 42.5 Å². The Balaban J connectivity index is 2.06. The second kappa shape index (κ2) is 8.58. The van der Waals surface area contributed by atoms with Gasteiger partial charge in [0.1, 0.15) is 18.0 Å². The standard InChI is InChI=1S/C21H26N2O4/c1-14-6-5-7-15(10-14)16-11-17(19(22)24)13-18(12-16)26-9-8-23-20(25)27-21(2,3)4/h5-7,10-13H,8-9H2,1-4H3,(H2,22,24)(H,23,25). The third-order valence-electron chi connectivity index (χ3n) is 3.58. The second-order valence-electron chi connectivity index (χ2n) is 7.26. The summed E-state index contributed by atoms with van der Waals surface area (Å²) >= 11 is 0. The van der Waals surface area contributed by atoms with Crippen LogP contribution in [0.2, 0.25) is 0 Å².